The molecule has 0 radical (unpaired) electrons. The molecule has 1 fully saturated rings. The second kappa shape index (κ2) is 9.35. The minimum Gasteiger partial charge on any atom is -0.375 e. The number of anilines is 2. The SMILES string of the molecule is COCC(=O)Nc1ccc(NC(=O)c2cccc(CN3C(=O)CSC3=O)c2)cc1. The number of carbonyl (C=O) groups is 4. The zero-order chi connectivity index (χ0) is 20.8. The first-order chi connectivity index (χ1) is 14.0. The van der Waals surface area contributed by atoms with E-state index in [0.29, 0.717) is 22.5 Å². The van der Waals surface area contributed by atoms with Gasteiger partial charge in [0.2, 0.25) is 11.8 Å². The highest BCUT2D eigenvalue weighted by Crippen LogP contribution is 2.22. The first-order valence-corrected chi connectivity index (χ1v) is 9.71. The van der Waals surface area contributed by atoms with E-state index in [1.54, 1.807) is 48.5 Å². The molecule has 1 heterocycles. The third-order valence-corrected chi connectivity index (χ3v) is 4.93. The van der Waals surface area contributed by atoms with Crippen LogP contribution in [0.5, 0.6) is 0 Å². The molecule has 2 aromatic rings. The molecule has 4 amide bonds. The fraction of sp³-hybridized carbons (Fsp3) is 0.200. The van der Waals surface area contributed by atoms with Gasteiger partial charge in [0.05, 0.1) is 12.3 Å². The first-order valence-electron chi connectivity index (χ1n) is 8.72. The Kier molecular flexibility index (Phi) is 6.63. The lowest BCUT2D eigenvalue weighted by Gasteiger charge is -2.13. The molecule has 29 heavy (non-hydrogen) atoms. The molecule has 1 saturated heterocycles. The molecule has 0 saturated carbocycles. The first kappa shape index (κ1) is 20.6. The van der Waals surface area contributed by atoms with Crippen molar-refractivity contribution in [1.29, 1.82) is 0 Å². The lowest BCUT2D eigenvalue weighted by molar-refractivity contribution is -0.125. The molecular formula is C20H19N3O5S. The van der Waals surface area contributed by atoms with Crippen molar-refractivity contribution in [3.63, 3.8) is 0 Å². The van der Waals surface area contributed by atoms with Crippen molar-refractivity contribution in [2.45, 2.75) is 6.54 Å². The van der Waals surface area contributed by atoms with Crippen LogP contribution in [-0.4, -0.2) is 47.3 Å². The van der Waals surface area contributed by atoms with Gasteiger partial charge in [-0.1, -0.05) is 23.9 Å². The minimum atomic E-state index is -0.323. The van der Waals surface area contributed by atoms with Crippen LogP contribution in [0.1, 0.15) is 15.9 Å². The van der Waals surface area contributed by atoms with E-state index < -0.39 is 0 Å². The average molecular weight is 413 g/mol. The predicted molar refractivity (Wildman–Crippen MR) is 110 cm³/mol. The van der Waals surface area contributed by atoms with Gasteiger partial charge < -0.3 is 15.4 Å². The quantitative estimate of drug-likeness (QED) is 0.723. The maximum absolute atomic E-state index is 12.5. The Balaban J connectivity index is 1.62. The van der Waals surface area contributed by atoms with E-state index >= 15 is 0 Å². The van der Waals surface area contributed by atoms with Crippen molar-refractivity contribution in [3.05, 3.63) is 59.7 Å². The number of benzene rings is 2. The number of thioether (sulfide) groups is 1. The lowest BCUT2D eigenvalue weighted by Crippen LogP contribution is -2.28. The van der Waals surface area contributed by atoms with Gasteiger partial charge in [-0.15, -0.1) is 0 Å². The molecular weight excluding hydrogens is 394 g/mol. The highest BCUT2D eigenvalue weighted by molar-refractivity contribution is 8.14. The summed E-state index contributed by atoms with van der Waals surface area (Å²) in [6.45, 7) is 0.101. The summed E-state index contributed by atoms with van der Waals surface area (Å²) in [5.74, 6) is -0.667. The highest BCUT2D eigenvalue weighted by Gasteiger charge is 2.29. The molecule has 3 rings (SSSR count). The van der Waals surface area contributed by atoms with Crippen molar-refractivity contribution in [1.82, 2.24) is 4.90 Å². The second-order valence-corrected chi connectivity index (χ2v) is 7.17. The maximum atomic E-state index is 12.5. The Morgan fingerprint density at radius 1 is 1.07 bits per heavy atom. The number of amides is 4. The van der Waals surface area contributed by atoms with Crippen LogP contribution in [0.15, 0.2) is 48.5 Å². The predicted octanol–water partition coefficient (Wildman–Crippen LogP) is 2.72. The van der Waals surface area contributed by atoms with E-state index in [-0.39, 0.29) is 41.9 Å². The van der Waals surface area contributed by atoms with Gasteiger partial charge >= 0.3 is 0 Å². The molecule has 8 nitrogen and oxygen atoms in total. The third-order valence-electron chi connectivity index (χ3n) is 4.07. The van der Waals surface area contributed by atoms with Crippen LogP contribution in [-0.2, 0) is 20.9 Å². The molecule has 150 valence electrons. The van der Waals surface area contributed by atoms with Gasteiger partial charge in [-0.2, -0.15) is 0 Å². The van der Waals surface area contributed by atoms with Crippen LogP contribution in [0.2, 0.25) is 0 Å². The number of nitrogens with one attached hydrogen (secondary N) is 2. The summed E-state index contributed by atoms with van der Waals surface area (Å²) in [5, 5.41) is 5.16. The van der Waals surface area contributed by atoms with Crippen LogP contribution in [0.3, 0.4) is 0 Å². The molecule has 0 aromatic heterocycles. The van der Waals surface area contributed by atoms with Gasteiger partial charge in [0.15, 0.2) is 0 Å². The molecule has 1 aliphatic heterocycles. The van der Waals surface area contributed by atoms with Gasteiger partial charge in [-0.3, -0.25) is 24.1 Å². The number of ether oxygens (including phenoxy) is 1. The van der Waals surface area contributed by atoms with Gasteiger partial charge in [0.25, 0.3) is 11.1 Å². The molecule has 0 spiro atoms. The number of hydrogen-bond donors (Lipinski definition) is 2. The molecule has 2 aromatic carbocycles. The van der Waals surface area contributed by atoms with E-state index in [9.17, 15) is 19.2 Å². The summed E-state index contributed by atoms with van der Waals surface area (Å²) < 4.78 is 4.75. The van der Waals surface area contributed by atoms with Crippen LogP contribution in [0.4, 0.5) is 16.2 Å². The molecule has 0 unspecified atom stereocenters. The zero-order valence-electron chi connectivity index (χ0n) is 15.6. The summed E-state index contributed by atoms with van der Waals surface area (Å²) in [6.07, 6.45) is 0. The summed E-state index contributed by atoms with van der Waals surface area (Å²) in [6, 6.07) is 13.4. The molecule has 0 bridgehead atoms. The Hall–Kier alpha value is -3.17. The lowest BCUT2D eigenvalue weighted by atomic mass is 10.1. The summed E-state index contributed by atoms with van der Waals surface area (Å²) in [5.41, 5.74) is 2.25. The minimum absolute atomic E-state index is 0.0395. The third kappa shape index (κ3) is 5.43. The van der Waals surface area contributed by atoms with Gasteiger partial charge in [-0.25, -0.2) is 0 Å². The Labute approximate surface area is 171 Å². The second-order valence-electron chi connectivity index (χ2n) is 6.25. The number of carbonyl (C=O) groups excluding carboxylic acids is 4. The van der Waals surface area contributed by atoms with Gasteiger partial charge in [0, 0.05) is 24.0 Å². The van der Waals surface area contributed by atoms with Crippen molar-refractivity contribution in [2.24, 2.45) is 0 Å². The molecule has 9 heteroatoms. The van der Waals surface area contributed by atoms with Crippen molar-refractivity contribution in [2.75, 3.05) is 30.1 Å². The highest BCUT2D eigenvalue weighted by atomic mass is 32.2. The Morgan fingerprint density at radius 3 is 2.38 bits per heavy atom. The fourth-order valence-electron chi connectivity index (χ4n) is 2.70. The molecule has 1 aliphatic rings. The monoisotopic (exact) mass is 413 g/mol. The summed E-state index contributed by atoms with van der Waals surface area (Å²) in [7, 11) is 1.44. The maximum Gasteiger partial charge on any atom is 0.289 e. The number of nitrogens with zero attached hydrogens (tertiary/aromatic N) is 1. The van der Waals surface area contributed by atoms with E-state index in [4.69, 9.17) is 4.74 Å². The largest absolute Gasteiger partial charge is 0.375 e. The van der Waals surface area contributed by atoms with Crippen LogP contribution in [0.25, 0.3) is 0 Å². The summed E-state index contributed by atoms with van der Waals surface area (Å²) in [4.78, 5) is 48.7. The van der Waals surface area contributed by atoms with Crippen LogP contribution >= 0.6 is 11.8 Å². The Bertz CT molecular complexity index is 929. The van der Waals surface area contributed by atoms with E-state index in [2.05, 4.69) is 10.6 Å². The topological polar surface area (TPSA) is 105 Å². The van der Waals surface area contributed by atoms with E-state index in [1.165, 1.54) is 12.0 Å². The summed E-state index contributed by atoms with van der Waals surface area (Å²) >= 11 is 0.977. The average Bonchev–Trinajstić information content (AvgIpc) is 3.02. The smallest absolute Gasteiger partial charge is 0.289 e. The van der Waals surface area contributed by atoms with Crippen molar-refractivity contribution < 1.29 is 23.9 Å². The van der Waals surface area contributed by atoms with Crippen LogP contribution < -0.4 is 10.6 Å². The molecule has 0 aliphatic carbocycles. The van der Waals surface area contributed by atoms with Gasteiger partial charge in [-0.05, 0) is 42.0 Å². The molecule has 0 atom stereocenters. The van der Waals surface area contributed by atoms with E-state index in [1.807, 2.05) is 0 Å². The fourth-order valence-corrected chi connectivity index (χ4v) is 3.42. The zero-order valence-corrected chi connectivity index (χ0v) is 16.5. The number of imide groups is 1. The number of hydrogen-bond acceptors (Lipinski definition) is 6. The number of methoxy groups -OCH3 is 1. The standard InChI is InChI=1S/C20H19N3O5S/c1-28-11-17(24)21-15-5-7-16(8-6-15)22-19(26)14-4-2-3-13(9-14)10-23-18(25)12-29-20(23)27/h2-9H,10-12H2,1H3,(H,21,24)(H,22,26). The normalized spacial score (nSPS) is 13.5. The van der Waals surface area contributed by atoms with E-state index in [0.717, 1.165) is 11.8 Å². The van der Waals surface area contributed by atoms with Crippen molar-refractivity contribution in [3.8, 4) is 0 Å². The Morgan fingerprint density at radius 2 is 1.76 bits per heavy atom. The van der Waals surface area contributed by atoms with Crippen molar-refractivity contribution >= 4 is 46.1 Å². The number of rotatable bonds is 7. The van der Waals surface area contributed by atoms with Crippen LogP contribution in [0, 0.1) is 0 Å². The molecule has 2 N–H and O–H groups in total. The van der Waals surface area contributed by atoms with Gasteiger partial charge in [0.1, 0.15) is 6.61 Å².